The molecule has 61 heavy (non-hydrogen) atoms. The lowest BCUT2D eigenvalue weighted by Gasteiger charge is -2.18. The van der Waals surface area contributed by atoms with Gasteiger partial charge in [-0.15, -0.1) is 0 Å². The lowest BCUT2D eigenvalue weighted by molar-refractivity contribution is -0.167. The summed E-state index contributed by atoms with van der Waals surface area (Å²) in [7, 11) is 0. The number of carbonyl (C=O) groups is 3. The van der Waals surface area contributed by atoms with Crippen LogP contribution in [-0.2, 0) is 28.6 Å². The van der Waals surface area contributed by atoms with E-state index in [-0.39, 0.29) is 31.1 Å². The Morgan fingerprint density at radius 2 is 0.574 bits per heavy atom. The summed E-state index contributed by atoms with van der Waals surface area (Å²) in [6.07, 6.45) is 46.6. The van der Waals surface area contributed by atoms with Gasteiger partial charge in [-0.05, 0) is 37.0 Å². The topological polar surface area (TPSA) is 78.9 Å². The molecule has 0 amide bonds. The van der Waals surface area contributed by atoms with Crippen LogP contribution >= 0.6 is 0 Å². The van der Waals surface area contributed by atoms with E-state index in [1.54, 1.807) is 0 Å². The fourth-order valence-corrected chi connectivity index (χ4v) is 8.26. The first kappa shape index (κ1) is 59.4. The molecule has 6 nitrogen and oxygen atoms in total. The molecule has 0 radical (unpaired) electrons. The lowest BCUT2D eigenvalue weighted by Crippen LogP contribution is -2.30. The third-order valence-electron chi connectivity index (χ3n) is 12.8. The van der Waals surface area contributed by atoms with Gasteiger partial charge in [0.15, 0.2) is 6.10 Å². The highest BCUT2D eigenvalue weighted by Gasteiger charge is 2.19. The summed E-state index contributed by atoms with van der Waals surface area (Å²) in [5, 5.41) is 0. The van der Waals surface area contributed by atoms with E-state index in [0.29, 0.717) is 19.3 Å². The molecule has 0 saturated heterocycles. The van der Waals surface area contributed by atoms with E-state index in [1.165, 1.54) is 180 Å². The van der Waals surface area contributed by atoms with Gasteiger partial charge in [-0.25, -0.2) is 0 Å². The van der Waals surface area contributed by atoms with Gasteiger partial charge in [0, 0.05) is 19.3 Å². The quantitative estimate of drug-likeness (QED) is 0.0344. The van der Waals surface area contributed by atoms with Crippen LogP contribution in [0.3, 0.4) is 0 Å². The summed E-state index contributed by atoms with van der Waals surface area (Å²) < 4.78 is 16.8. The highest BCUT2D eigenvalue weighted by Crippen LogP contribution is 2.18. The predicted octanol–water partition coefficient (Wildman–Crippen LogP) is 17.6. The molecule has 0 heterocycles. The number of ether oxygens (including phenoxy) is 3. The highest BCUT2D eigenvalue weighted by molar-refractivity contribution is 5.71. The third kappa shape index (κ3) is 47.7. The minimum atomic E-state index is -0.763. The van der Waals surface area contributed by atoms with E-state index in [2.05, 4.69) is 41.5 Å². The largest absolute Gasteiger partial charge is 0.462 e. The first-order valence-electron chi connectivity index (χ1n) is 27.1. The zero-order chi connectivity index (χ0) is 44.9. The van der Waals surface area contributed by atoms with E-state index in [9.17, 15) is 14.4 Å². The second kappa shape index (κ2) is 46.4. The standard InChI is InChI=1S/C55H106O6/c1-7-51(6)43-37-31-25-18-15-16-20-27-33-39-45-54(57)60-48-52(61-55(58)46-40-34-28-22-21-24-30-36-42-50(4)5)47-59-53(56)44-38-32-26-19-14-12-10-8-9-11-13-17-23-29-35-41-49(2)3/h49-52H,7-48H2,1-6H3/t51?,52-/m0/s1. The van der Waals surface area contributed by atoms with Crippen molar-refractivity contribution in [1.29, 1.82) is 0 Å². The van der Waals surface area contributed by atoms with Gasteiger partial charge < -0.3 is 14.2 Å². The molecule has 0 saturated carbocycles. The van der Waals surface area contributed by atoms with Crippen molar-refractivity contribution in [2.45, 2.75) is 304 Å². The summed E-state index contributed by atoms with van der Waals surface area (Å²) in [5.74, 6) is 1.66. The number of hydrogen-bond acceptors (Lipinski definition) is 6. The molecule has 0 spiro atoms. The SMILES string of the molecule is CCC(C)CCCCCCCCCCCCC(=O)OC[C@H](COC(=O)CCCCCCCCCCCCCCCCCC(C)C)OC(=O)CCCCCCCCCCC(C)C. The fourth-order valence-electron chi connectivity index (χ4n) is 8.26. The van der Waals surface area contributed by atoms with E-state index in [0.717, 1.165) is 75.5 Å². The van der Waals surface area contributed by atoms with Crippen molar-refractivity contribution in [3.63, 3.8) is 0 Å². The summed E-state index contributed by atoms with van der Waals surface area (Å²) in [6.45, 7) is 13.7. The molecule has 0 aliphatic carbocycles. The maximum absolute atomic E-state index is 12.8. The Morgan fingerprint density at radius 3 is 0.852 bits per heavy atom. The predicted molar refractivity (Wildman–Crippen MR) is 261 cm³/mol. The Hall–Kier alpha value is -1.59. The van der Waals surface area contributed by atoms with Crippen LogP contribution in [0.5, 0.6) is 0 Å². The van der Waals surface area contributed by atoms with Crippen LogP contribution < -0.4 is 0 Å². The van der Waals surface area contributed by atoms with Crippen LogP contribution in [-0.4, -0.2) is 37.2 Å². The van der Waals surface area contributed by atoms with Gasteiger partial charge in [-0.3, -0.25) is 14.4 Å². The van der Waals surface area contributed by atoms with E-state index in [1.807, 2.05) is 0 Å². The molecule has 0 fully saturated rings. The van der Waals surface area contributed by atoms with Crippen LogP contribution in [0.4, 0.5) is 0 Å². The van der Waals surface area contributed by atoms with Crippen molar-refractivity contribution in [3.8, 4) is 0 Å². The molecule has 0 bridgehead atoms. The number of hydrogen-bond donors (Lipinski definition) is 0. The van der Waals surface area contributed by atoms with Gasteiger partial charge in [-0.2, -0.15) is 0 Å². The smallest absolute Gasteiger partial charge is 0.306 e. The van der Waals surface area contributed by atoms with Gasteiger partial charge in [-0.1, -0.05) is 260 Å². The van der Waals surface area contributed by atoms with Crippen molar-refractivity contribution < 1.29 is 28.6 Å². The van der Waals surface area contributed by atoms with E-state index in [4.69, 9.17) is 14.2 Å². The third-order valence-corrected chi connectivity index (χ3v) is 12.8. The summed E-state index contributed by atoms with van der Waals surface area (Å²) in [6, 6.07) is 0. The molecule has 0 aliphatic heterocycles. The lowest BCUT2D eigenvalue weighted by atomic mass is 9.99. The maximum Gasteiger partial charge on any atom is 0.306 e. The Morgan fingerprint density at radius 1 is 0.328 bits per heavy atom. The summed E-state index contributed by atoms with van der Waals surface area (Å²) >= 11 is 0. The first-order chi connectivity index (χ1) is 29.6. The monoisotopic (exact) mass is 863 g/mol. The van der Waals surface area contributed by atoms with Crippen LogP contribution in [0.15, 0.2) is 0 Å². The van der Waals surface area contributed by atoms with Crippen molar-refractivity contribution >= 4 is 17.9 Å². The molecule has 0 aromatic heterocycles. The zero-order valence-corrected chi connectivity index (χ0v) is 42.0. The molecule has 362 valence electrons. The molecule has 1 unspecified atom stereocenters. The van der Waals surface area contributed by atoms with Crippen LogP contribution in [0.2, 0.25) is 0 Å². The minimum absolute atomic E-state index is 0.0647. The van der Waals surface area contributed by atoms with Gasteiger partial charge in [0.25, 0.3) is 0 Å². The number of esters is 3. The van der Waals surface area contributed by atoms with E-state index < -0.39 is 6.10 Å². The van der Waals surface area contributed by atoms with Gasteiger partial charge in [0.2, 0.25) is 0 Å². The van der Waals surface area contributed by atoms with Crippen LogP contribution in [0, 0.1) is 17.8 Å². The zero-order valence-electron chi connectivity index (χ0n) is 42.0. The summed E-state index contributed by atoms with van der Waals surface area (Å²) in [4.78, 5) is 38.0. The molecule has 6 heteroatoms. The van der Waals surface area contributed by atoms with Crippen molar-refractivity contribution in [3.05, 3.63) is 0 Å². The van der Waals surface area contributed by atoms with Gasteiger partial charge in [0.1, 0.15) is 13.2 Å². The molecular formula is C55H106O6. The first-order valence-corrected chi connectivity index (χ1v) is 27.1. The average molecular weight is 863 g/mol. The van der Waals surface area contributed by atoms with Gasteiger partial charge in [0.05, 0.1) is 0 Å². The average Bonchev–Trinajstić information content (AvgIpc) is 3.23. The second-order valence-corrected chi connectivity index (χ2v) is 20.1. The second-order valence-electron chi connectivity index (χ2n) is 20.1. The van der Waals surface area contributed by atoms with Crippen LogP contribution in [0.25, 0.3) is 0 Å². The Balaban J connectivity index is 4.27. The van der Waals surface area contributed by atoms with Gasteiger partial charge >= 0.3 is 17.9 Å². The fraction of sp³-hybridized carbons (Fsp3) is 0.945. The Kier molecular flexibility index (Phi) is 45.2. The molecule has 0 aliphatic rings. The summed E-state index contributed by atoms with van der Waals surface area (Å²) in [5.41, 5.74) is 0. The molecular weight excluding hydrogens is 757 g/mol. The number of carbonyl (C=O) groups excluding carboxylic acids is 3. The maximum atomic E-state index is 12.8. The molecule has 2 atom stereocenters. The Labute approximate surface area is 380 Å². The normalized spacial score (nSPS) is 12.6. The van der Waals surface area contributed by atoms with E-state index >= 15 is 0 Å². The highest BCUT2D eigenvalue weighted by atomic mass is 16.6. The number of rotatable bonds is 48. The Bertz CT molecular complexity index is 947. The molecule has 0 aromatic rings. The van der Waals surface area contributed by atoms with Crippen molar-refractivity contribution in [2.75, 3.05) is 13.2 Å². The molecule has 0 N–H and O–H groups in total. The van der Waals surface area contributed by atoms with Crippen molar-refractivity contribution in [1.82, 2.24) is 0 Å². The molecule has 0 aromatic carbocycles. The minimum Gasteiger partial charge on any atom is -0.462 e. The number of unbranched alkanes of at least 4 members (excludes halogenated alkanes) is 30. The molecule has 0 rings (SSSR count). The van der Waals surface area contributed by atoms with Crippen molar-refractivity contribution in [2.24, 2.45) is 17.8 Å². The van der Waals surface area contributed by atoms with Crippen LogP contribution in [0.1, 0.15) is 298 Å².